The molecule has 19 heavy (non-hydrogen) atoms. The second-order valence-corrected chi connectivity index (χ2v) is 4.45. The molecule has 0 heterocycles. The number of halogens is 1. The van der Waals surface area contributed by atoms with Gasteiger partial charge in [-0.2, -0.15) is 0 Å². The summed E-state index contributed by atoms with van der Waals surface area (Å²) in [5, 5.41) is 2.68. The smallest absolute Gasteiger partial charge is 0.308 e. The molecule has 0 spiro atoms. The molecule has 1 aromatic rings. The van der Waals surface area contributed by atoms with E-state index in [1.54, 1.807) is 25.2 Å². The van der Waals surface area contributed by atoms with Gasteiger partial charge in [0, 0.05) is 20.4 Å². The van der Waals surface area contributed by atoms with Gasteiger partial charge in [0.2, 0.25) is 0 Å². The second kappa shape index (κ2) is 7.11. The number of likely N-dealkylation sites (N-methyl/N-ethyl adjacent to an activating group) is 1. The van der Waals surface area contributed by atoms with Crippen molar-refractivity contribution in [1.29, 1.82) is 0 Å². The van der Waals surface area contributed by atoms with Crippen LogP contribution in [0.15, 0.2) is 18.2 Å². The first kappa shape index (κ1) is 15.5. The lowest BCUT2D eigenvalue weighted by Gasteiger charge is -2.13. The first-order valence-electron chi connectivity index (χ1n) is 5.73. The molecule has 0 aliphatic carbocycles. The van der Waals surface area contributed by atoms with Crippen molar-refractivity contribution in [1.82, 2.24) is 5.32 Å². The van der Waals surface area contributed by atoms with Gasteiger partial charge >= 0.3 is 11.9 Å². The number of alkyl halides is 1. The Labute approximate surface area is 116 Å². The van der Waals surface area contributed by atoms with Crippen molar-refractivity contribution < 1.29 is 19.1 Å². The molecule has 0 aromatic heterocycles. The van der Waals surface area contributed by atoms with Crippen molar-refractivity contribution in [3.8, 4) is 11.5 Å². The van der Waals surface area contributed by atoms with E-state index in [-0.39, 0.29) is 16.9 Å². The predicted octanol–water partition coefficient (Wildman–Crippen LogP) is 2.04. The van der Waals surface area contributed by atoms with Crippen molar-refractivity contribution in [2.75, 3.05) is 13.6 Å². The van der Waals surface area contributed by atoms with Crippen LogP contribution in [0.4, 0.5) is 0 Å². The molecular weight excluding hydrogens is 270 g/mol. The van der Waals surface area contributed by atoms with Gasteiger partial charge in [-0.25, -0.2) is 0 Å². The van der Waals surface area contributed by atoms with Gasteiger partial charge in [-0.1, -0.05) is 6.07 Å². The van der Waals surface area contributed by atoms with Crippen molar-refractivity contribution in [2.24, 2.45) is 0 Å². The van der Waals surface area contributed by atoms with Crippen LogP contribution in [0.25, 0.3) is 0 Å². The number of rotatable bonds is 5. The van der Waals surface area contributed by atoms with Crippen LogP contribution >= 0.6 is 11.6 Å². The largest absolute Gasteiger partial charge is 0.423 e. The van der Waals surface area contributed by atoms with E-state index >= 15 is 0 Å². The molecule has 0 aliphatic heterocycles. The van der Waals surface area contributed by atoms with Crippen molar-refractivity contribution in [3.63, 3.8) is 0 Å². The lowest BCUT2D eigenvalue weighted by molar-refractivity contribution is -0.134. The first-order chi connectivity index (χ1) is 8.93. The highest BCUT2D eigenvalue weighted by Crippen LogP contribution is 2.32. The standard InChI is InChI=1S/C13H16ClNO4/c1-8(16)18-12-5-4-10(11(14)7-15-3)6-13(12)19-9(2)17/h4-6,11,15H,7H2,1-3H3. The number of nitrogens with one attached hydrogen (secondary N) is 1. The average Bonchev–Trinajstić information content (AvgIpc) is 2.30. The Bertz CT molecular complexity index is 476. The maximum Gasteiger partial charge on any atom is 0.308 e. The Morgan fingerprint density at radius 3 is 2.32 bits per heavy atom. The summed E-state index contributed by atoms with van der Waals surface area (Å²) in [5.41, 5.74) is 0.767. The van der Waals surface area contributed by atoms with E-state index in [4.69, 9.17) is 21.1 Å². The molecular formula is C13H16ClNO4. The molecule has 6 heteroatoms. The minimum atomic E-state index is -0.495. The lowest BCUT2D eigenvalue weighted by atomic mass is 10.1. The number of hydrogen-bond donors (Lipinski definition) is 1. The molecule has 0 aliphatic rings. The van der Waals surface area contributed by atoms with E-state index in [1.165, 1.54) is 13.8 Å². The van der Waals surface area contributed by atoms with Gasteiger partial charge < -0.3 is 14.8 Å². The summed E-state index contributed by atoms with van der Waals surface area (Å²) in [7, 11) is 1.79. The van der Waals surface area contributed by atoms with Crippen LogP contribution in [0.1, 0.15) is 24.8 Å². The molecule has 0 saturated carbocycles. The summed E-state index contributed by atoms with van der Waals surface area (Å²) in [5.74, 6) is -0.606. The van der Waals surface area contributed by atoms with Gasteiger partial charge in [-0.05, 0) is 24.7 Å². The van der Waals surface area contributed by atoms with Gasteiger partial charge in [0.15, 0.2) is 11.5 Å². The summed E-state index contributed by atoms with van der Waals surface area (Å²) in [6.45, 7) is 3.11. The van der Waals surface area contributed by atoms with Crippen LogP contribution < -0.4 is 14.8 Å². The van der Waals surface area contributed by atoms with E-state index in [0.717, 1.165) is 5.56 Å². The quantitative estimate of drug-likeness (QED) is 0.509. The Kier molecular flexibility index (Phi) is 5.79. The van der Waals surface area contributed by atoms with Gasteiger partial charge in [-0.3, -0.25) is 9.59 Å². The fraction of sp³-hybridized carbons (Fsp3) is 0.385. The third kappa shape index (κ3) is 4.89. The molecule has 5 nitrogen and oxygen atoms in total. The molecule has 1 N–H and O–H groups in total. The van der Waals surface area contributed by atoms with E-state index in [0.29, 0.717) is 6.54 Å². The van der Waals surface area contributed by atoms with Crippen LogP contribution in [0.3, 0.4) is 0 Å². The first-order valence-corrected chi connectivity index (χ1v) is 6.17. The highest BCUT2D eigenvalue weighted by atomic mass is 35.5. The third-order valence-electron chi connectivity index (χ3n) is 2.22. The lowest BCUT2D eigenvalue weighted by Crippen LogP contribution is -2.14. The molecule has 1 rings (SSSR count). The minimum absolute atomic E-state index is 0.182. The highest BCUT2D eigenvalue weighted by Gasteiger charge is 2.14. The zero-order chi connectivity index (χ0) is 14.4. The van der Waals surface area contributed by atoms with Crippen molar-refractivity contribution >= 4 is 23.5 Å². The van der Waals surface area contributed by atoms with Crippen LogP contribution in [0.5, 0.6) is 11.5 Å². The van der Waals surface area contributed by atoms with E-state index < -0.39 is 11.9 Å². The number of carbonyl (C=O) groups is 2. The minimum Gasteiger partial charge on any atom is -0.423 e. The molecule has 0 fully saturated rings. The maximum atomic E-state index is 11.0. The normalized spacial score (nSPS) is 11.8. The fourth-order valence-corrected chi connectivity index (χ4v) is 1.78. The number of carbonyl (C=O) groups excluding carboxylic acids is 2. The summed E-state index contributed by atoms with van der Waals surface area (Å²) in [6, 6.07) is 4.87. The Balaban J connectivity index is 3.06. The summed E-state index contributed by atoms with van der Waals surface area (Å²) < 4.78 is 9.99. The van der Waals surface area contributed by atoms with Crippen LogP contribution in [0, 0.1) is 0 Å². The summed E-state index contributed by atoms with van der Waals surface area (Å²) in [6.07, 6.45) is 0. The zero-order valence-electron chi connectivity index (χ0n) is 11.0. The Hall–Kier alpha value is -1.59. The topological polar surface area (TPSA) is 64.6 Å². The van der Waals surface area contributed by atoms with E-state index in [2.05, 4.69) is 5.32 Å². The number of ether oxygens (including phenoxy) is 2. The second-order valence-electron chi connectivity index (χ2n) is 3.92. The van der Waals surface area contributed by atoms with Crippen molar-refractivity contribution in [3.05, 3.63) is 23.8 Å². The number of hydrogen-bond acceptors (Lipinski definition) is 5. The molecule has 0 saturated heterocycles. The average molecular weight is 286 g/mol. The SMILES string of the molecule is CNCC(Cl)c1ccc(OC(C)=O)c(OC(C)=O)c1. The molecule has 0 bridgehead atoms. The fourth-order valence-electron chi connectivity index (χ4n) is 1.49. The highest BCUT2D eigenvalue weighted by molar-refractivity contribution is 6.21. The molecule has 1 aromatic carbocycles. The maximum absolute atomic E-state index is 11.0. The van der Waals surface area contributed by atoms with E-state index in [1.807, 2.05) is 0 Å². The number of esters is 2. The van der Waals surface area contributed by atoms with Crippen LogP contribution in [-0.4, -0.2) is 25.5 Å². The molecule has 0 radical (unpaired) electrons. The van der Waals surface area contributed by atoms with E-state index in [9.17, 15) is 9.59 Å². The Morgan fingerprint density at radius 2 is 1.79 bits per heavy atom. The monoisotopic (exact) mass is 285 g/mol. The number of benzene rings is 1. The molecule has 104 valence electrons. The van der Waals surface area contributed by atoms with Gasteiger partial charge in [0.25, 0.3) is 0 Å². The molecule has 0 amide bonds. The van der Waals surface area contributed by atoms with Crippen molar-refractivity contribution in [2.45, 2.75) is 19.2 Å². The molecule has 1 atom stereocenters. The van der Waals surface area contributed by atoms with Gasteiger partial charge in [0.1, 0.15) is 0 Å². The molecule has 1 unspecified atom stereocenters. The third-order valence-corrected chi connectivity index (χ3v) is 2.63. The predicted molar refractivity (Wildman–Crippen MR) is 71.6 cm³/mol. The Morgan fingerprint density at radius 1 is 1.21 bits per heavy atom. The summed E-state index contributed by atoms with van der Waals surface area (Å²) in [4.78, 5) is 22.0. The zero-order valence-corrected chi connectivity index (χ0v) is 11.8. The van der Waals surface area contributed by atoms with Gasteiger partial charge in [0.05, 0.1) is 5.38 Å². The van der Waals surface area contributed by atoms with Gasteiger partial charge in [-0.15, -0.1) is 11.6 Å². The summed E-state index contributed by atoms with van der Waals surface area (Å²) >= 11 is 6.16. The van der Waals surface area contributed by atoms with Crippen LogP contribution in [0.2, 0.25) is 0 Å². The van der Waals surface area contributed by atoms with Crippen LogP contribution in [-0.2, 0) is 9.59 Å².